The topological polar surface area (TPSA) is 30.5 Å². The summed E-state index contributed by atoms with van der Waals surface area (Å²) < 4.78 is 47.7. The Kier molecular flexibility index (Phi) is 5.30. The summed E-state index contributed by atoms with van der Waals surface area (Å²) >= 11 is 0. The average molecular weight is 357 g/mol. The second-order valence-corrected chi connectivity index (χ2v) is 7.27. The Morgan fingerprint density at radius 3 is 2.56 bits per heavy atom. The maximum absolute atomic E-state index is 12.3. The molecule has 1 unspecified atom stereocenters. The molecule has 25 heavy (non-hydrogen) atoms. The third-order valence-electron chi connectivity index (χ3n) is 5.79. The number of methoxy groups -OCH3 is 1. The average Bonchev–Trinajstić information content (AvgIpc) is 2.86. The largest absolute Gasteiger partial charge is 0.493 e. The van der Waals surface area contributed by atoms with Crippen LogP contribution in [0.15, 0.2) is 18.2 Å². The minimum absolute atomic E-state index is 0.177. The van der Waals surface area contributed by atoms with Crippen LogP contribution in [0.4, 0.5) is 13.2 Å². The van der Waals surface area contributed by atoms with E-state index in [-0.39, 0.29) is 18.1 Å². The van der Waals surface area contributed by atoms with Crippen LogP contribution < -0.4 is 10.1 Å². The van der Waals surface area contributed by atoms with Gasteiger partial charge in [-0.2, -0.15) is 13.2 Å². The lowest BCUT2D eigenvalue weighted by atomic mass is 9.68. The van der Waals surface area contributed by atoms with Crippen LogP contribution in [0.25, 0.3) is 0 Å². The predicted molar refractivity (Wildman–Crippen MR) is 89.8 cm³/mol. The van der Waals surface area contributed by atoms with Crippen LogP contribution in [-0.2, 0) is 11.2 Å². The van der Waals surface area contributed by atoms with Crippen LogP contribution in [0.3, 0.4) is 0 Å². The Labute approximate surface area is 146 Å². The number of ether oxygens (including phenoxy) is 2. The zero-order valence-electron chi connectivity index (χ0n) is 14.8. The first-order valence-electron chi connectivity index (χ1n) is 8.89. The predicted octanol–water partition coefficient (Wildman–Crippen LogP) is 4.41. The Bertz CT molecular complexity index is 595. The maximum Gasteiger partial charge on any atom is 0.392 e. The van der Waals surface area contributed by atoms with Gasteiger partial charge in [-0.1, -0.05) is 6.07 Å². The fourth-order valence-corrected chi connectivity index (χ4v) is 4.52. The number of hydrogen-bond acceptors (Lipinski definition) is 3. The monoisotopic (exact) mass is 357 g/mol. The quantitative estimate of drug-likeness (QED) is 0.847. The van der Waals surface area contributed by atoms with Crippen LogP contribution in [0.1, 0.15) is 49.3 Å². The third-order valence-corrected chi connectivity index (χ3v) is 5.79. The van der Waals surface area contributed by atoms with Crippen molar-refractivity contribution in [3.05, 3.63) is 29.3 Å². The van der Waals surface area contributed by atoms with Crippen molar-refractivity contribution < 1.29 is 22.6 Å². The van der Waals surface area contributed by atoms with E-state index in [1.54, 1.807) is 13.2 Å². The van der Waals surface area contributed by atoms with E-state index in [0.29, 0.717) is 11.9 Å². The lowest BCUT2D eigenvalue weighted by Crippen LogP contribution is -2.38. The van der Waals surface area contributed by atoms with E-state index in [4.69, 9.17) is 9.47 Å². The molecule has 140 valence electrons. The highest BCUT2D eigenvalue weighted by atomic mass is 19.4. The molecule has 0 aliphatic heterocycles. The van der Waals surface area contributed by atoms with Crippen LogP contribution in [0.5, 0.6) is 5.75 Å². The fourth-order valence-electron chi connectivity index (χ4n) is 4.52. The summed E-state index contributed by atoms with van der Waals surface area (Å²) in [6.45, 7) is -0.340. The van der Waals surface area contributed by atoms with E-state index in [1.807, 2.05) is 19.2 Å². The molecule has 1 N–H and O–H groups in total. The molecular weight excluding hydrogens is 331 g/mol. The van der Waals surface area contributed by atoms with Gasteiger partial charge >= 0.3 is 6.18 Å². The number of hydrogen-bond donors (Lipinski definition) is 1. The summed E-state index contributed by atoms with van der Waals surface area (Å²) in [7, 11) is 3.73. The van der Waals surface area contributed by atoms with Gasteiger partial charge in [-0.05, 0) is 67.8 Å². The summed E-state index contributed by atoms with van der Waals surface area (Å²) in [5.74, 6) is 0.519. The van der Waals surface area contributed by atoms with Gasteiger partial charge in [0.15, 0.2) is 0 Å². The highest BCUT2D eigenvalue weighted by molar-refractivity contribution is 5.43. The molecule has 0 heterocycles. The molecule has 2 aliphatic carbocycles. The molecular formula is C19H26F3NO2. The lowest BCUT2D eigenvalue weighted by molar-refractivity contribution is -0.139. The SMILES string of the molecule is CNC1c2cc(OCCC(F)(F)F)ccc2CC12CCC(OC)CC2. The molecule has 2 aliphatic rings. The van der Waals surface area contributed by atoms with E-state index in [2.05, 4.69) is 5.32 Å². The summed E-state index contributed by atoms with van der Waals surface area (Å²) in [5.41, 5.74) is 2.62. The minimum Gasteiger partial charge on any atom is -0.493 e. The van der Waals surface area contributed by atoms with Gasteiger partial charge in [0.1, 0.15) is 5.75 Å². The number of nitrogens with one attached hydrogen (secondary N) is 1. The van der Waals surface area contributed by atoms with Gasteiger partial charge in [-0.3, -0.25) is 0 Å². The van der Waals surface area contributed by atoms with E-state index >= 15 is 0 Å². The highest BCUT2D eigenvalue weighted by Crippen LogP contribution is 2.54. The summed E-state index contributed by atoms with van der Waals surface area (Å²) in [5, 5.41) is 3.44. The molecule has 1 saturated carbocycles. The molecule has 3 rings (SSSR count). The minimum atomic E-state index is -4.19. The molecule has 0 aromatic heterocycles. The number of benzene rings is 1. The normalized spacial score (nSPS) is 29.0. The van der Waals surface area contributed by atoms with Gasteiger partial charge in [0.25, 0.3) is 0 Å². The zero-order valence-corrected chi connectivity index (χ0v) is 14.8. The number of alkyl halides is 3. The third kappa shape index (κ3) is 3.95. The molecule has 1 spiro atoms. The Hall–Kier alpha value is -1.27. The lowest BCUT2D eigenvalue weighted by Gasteiger charge is -2.41. The molecule has 0 amide bonds. The number of fused-ring (bicyclic) bond motifs is 1. The molecule has 0 radical (unpaired) electrons. The molecule has 3 nitrogen and oxygen atoms in total. The second kappa shape index (κ2) is 7.16. The van der Waals surface area contributed by atoms with Gasteiger partial charge in [-0.15, -0.1) is 0 Å². The van der Waals surface area contributed by atoms with Gasteiger partial charge in [0, 0.05) is 13.2 Å². The fraction of sp³-hybridized carbons (Fsp3) is 0.684. The Balaban J connectivity index is 1.72. The van der Waals surface area contributed by atoms with E-state index in [0.717, 1.165) is 32.1 Å². The van der Waals surface area contributed by atoms with Gasteiger partial charge in [-0.25, -0.2) is 0 Å². The van der Waals surface area contributed by atoms with Gasteiger partial charge < -0.3 is 14.8 Å². The molecule has 0 bridgehead atoms. The van der Waals surface area contributed by atoms with Crippen molar-refractivity contribution >= 4 is 0 Å². The molecule has 1 atom stereocenters. The first kappa shape index (κ1) is 18.5. The van der Waals surface area contributed by atoms with Gasteiger partial charge in [0.05, 0.1) is 19.1 Å². The van der Waals surface area contributed by atoms with Crippen LogP contribution in [0, 0.1) is 5.41 Å². The summed E-state index contributed by atoms with van der Waals surface area (Å²) in [6, 6.07) is 5.94. The van der Waals surface area contributed by atoms with Gasteiger partial charge in [0.2, 0.25) is 0 Å². The first-order chi connectivity index (χ1) is 11.9. The second-order valence-electron chi connectivity index (χ2n) is 7.27. The van der Waals surface area contributed by atoms with Crippen molar-refractivity contribution in [2.24, 2.45) is 5.41 Å². The van der Waals surface area contributed by atoms with E-state index in [9.17, 15) is 13.2 Å². The smallest absolute Gasteiger partial charge is 0.392 e. The van der Waals surface area contributed by atoms with Crippen molar-refractivity contribution in [1.29, 1.82) is 0 Å². The maximum atomic E-state index is 12.3. The zero-order chi connectivity index (χ0) is 18.1. The molecule has 1 aromatic carbocycles. The Morgan fingerprint density at radius 1 is 1.24 bits per heavy atom. The van der Waals surface area contributed by atoms with Crippen molar-refractivity contribution in [3.63, 3.8) is 0 Å². The summed E-state index contributed by atoms with van der Waals surface area (Å²) in [6.07, 6.45) is 0.526. The van der Waals surface area contributed by atoms with Crippen LogP contribution in [-0.4, -0.2) is 33.0 Å². The molecule has 1 fully saturated rings. The van der Waals surface area contributed by atoms with E-state index < -0.39 is 12.6 Å². The molecule has 6 heteroatoms. The first-order valence-corrected chi connectivity index (χ1v) is 8.89. The molecule has 0 saturated heterocycles. The van der Waals surface area contributed by atoms with Crippen molar-refractivity contribution in [3.8, 4) is 5.75 Å². The standard InChI is InChI=1S/C19H26F3NO2/c1-23-17-16-11-15(25-10-9-19(20,21)22)4-3-13(16)12-18(17)7-5-14(24-2)6-8-18/h3-4,11,14,17,23H,5-10,12H2,1-2H3. The number of halogens is 3. The van der Waals surface area contributed by atoms with Crippen LogP contribution >= 0.6 is 0 Å². The van der Waals surface area contributed by atoms with Crippen LogP contribution in [0.2, 0.25) is 0 Å². The van der Waals surface area contributed by atoms with Crippen molar-refractivity contribution in [1.82, 2.24) is 5.32 Å². The number of rotatable bonds is 5. The molecule has 1 aromatic rings. The van der Waals surface area contributed by atoms with Crippen molar-refractivity contribution in [2.75, 3.05) is 20.8 Å². The Morgan fingerprint density at radius 2 is 1.96 bits per heavy atom. The highest BCUT2D eigenvalue weighted by Gasteiger charge is 2.47. The van der Waals surface area contributed by atoms with E-state index in [1.165, 1.54) is 11.1 Å². The summed E-state index contributed by atoms with van der Waals surface area (Å²) in [4.78, 5) is 0. The van der Waals surface area contributed by atoms with Crippen molar-refractivity contribution in [2.45, 2.75) is 56.8 Å².